The number of nitrogens with zero attached hydrogens (tertiary/aromatic N) is 4. The molecule has 2 aromatic heterocycles. The third-order valence-corrected chi connectivity index (χ3v) is 6.18. The quantitative estimate of drug-likeness (QED) is 0.692. The lowest BCUT2D eigenvalue weighted by Gasteiger charge is -2.27. The maximum Gasteiger partial charge on any atom is 0.274 e. The third kappa shape index (κ3) is 3.20. The summed E-state index contributed by atoms with van der Waals surface area (Å²) in [4.78, 5) is 22.2. The molecule has 144 valence electrons. The van der Waals surface area contributed by atoms with Crippen LogP contribution in [0, 0.1) is 6.92 Å². The van der Waals surface area contributed by atoms with E-state index in [1.165, 1.54) is 11.1 Å². The lowest BCUT2D eigenvalue weighted by atomic mass is 10.1. The molecule has 5 heteroatoms. The minimum absolute atomic E-state index is 0.0536. The topological polar surface area (TPSA) is 40.9 Å². The third-order valence-electron chi connectivity index (χ3n) is 6.18. The van der Waals surface area contributed by atoms with Crippen LogP contribution in [0.25, 0.3) is 5.65 Å². The summed E-state index contributed by atoms with van der Waals surface area (Å²) in [6, 6.07) is 13.4. The number of fused-ring (bicyclic) bond motifs is 2. The molecule has 0 saturated carbocycles. The number of hydrogen-bond donors (Lipinski definition) is 0. The zero-order chi connectivity index (χ0) is 19.1. The van der Waals surface area contributed by atoms with Gasteiger partial charge in [-0.25, -0.2) is 4.98 Å². The molecule has 0 spiro atoms. The van der Waals surface area contributed by atoms with Gasteiger partial charge >= 0.3 is 0 Å². The Morgan fingerprint density at radius 2 is 1.75 bits per heavy atom. The van der Waals surface area contributed by atoms with Gasteiger partial charge in [-0.1, -0.05) is 30.3 Å². The largest absolute Gasteiger partial charge is 0.336 e. The van der Waals surface area contributed by atoms with Crippen LogP contribution in [0.3, 0.4) is 0 Å². The Kier molecular flexibility index (Phi) is 4.40. The average molecular weight is 374 g/mol. The fourth-order valence-electron chi connectivity index (χ4n) is 4.67. The molecule has 3 heterocycles. The number of hydrogen-bond acceptors (Lipinski definition) is 3. The number of aromatic nitrogens is 2. The summed E-state index contributed by atoms with van der Waals surface area (Å²) in [7, 11) is 0. The first-order valence-electron chi connectivity index (χ1n) is 10.2. The van der Waals surface area contributed by atoms with Gasteiger partial charge in [-0.2, -0.15) is 0 Å². The minimum atomic E-state index is 0.0536. The number of imidazole rings is 1. The lowest BCUT2D eigenvalue weighted by molar-refractivity contribution is 0.0753. The highest BCUT2D eigenvalue weighted by molar-refractivity contribution is 5.93. The van der Waals surface area contributed by atoms with E-state index in [0.717, 1.165) is 56.7 Å². The Bertz CT molecular complexity index is 999. The molecular formula is C23H26N4O. The second-order valence-corrected chi connectivity index (χ2v) is 8.11. The van der Waals surface area contributed by atoms with Crippen molar-refractivity contribution in [1.82, 2.24) is 19.2 Å². The maximum atomic E-state index is 13.0. The molecule has 3 aromatic rings. The highest BCUT2D eigenvalue weighted by Crippen LogP contribution is 2.26. The molecule has 1 aliphatic heterocycles. The minimum Gasteiger partial charge on any atom is -0.336 e. The van der Waals surface area contributed by atoms with Gasteiger partial charge in [-0.3, -0.25) is 9.69 Å². The normalized spacial score (nSPS) is 18.4. The van der Waals surface area contributed by atoms with Crippen LogP contribution in [-0.4, -0.2) is 57.3 Å². The molecule has 1 aliphatic carbocycles. The standard InChI is InChI=1S/C23H26N4O/c1-17-7-8-22-24-21(16-27(22)15-17)23(28)26-10-4-9-25(11-12-26)20-13-18-5-2-3-6-19(18)14-20/h2-3,5-8,15-16,20H,4,9-14H2,1H3. The van der Waals surface area contributed by atoms with E-state index < -0.39 is 0 Å². The molecule has 28 heavy (non-hydrogen) atoms. The fraction of sp³-hybridized carbons (Fsp3) is 0.391. The van der Waals surface area contributed by atoms with Crippen molar-refractivity contribution in [2.75, 3.05) is 26.2 Å². The second-order valence-electron chi connectivity index (χ2n) is 8.11. The average Bonchev–Trinajstić information content (AvgIpc) is 3.23. The first-order valence-corrected chi connectivity index (χ1v) is 10.2. The smallest absolute Gasteiger partial charge is 0.274 e. The first-order chi connectivity index (χ1) is 13.7. The van der Waals surface area contributed by atoms with Crippen LogP contribution in [0.5, 0.6) is 0 Å². The van der Waals surface area contributed by atoms with Crippen molar-refractivity contribution in [3.05, 3.63) is 71.2 Å². The monoisotopic (exact) mass is 374 g/mol. The molecular weight excluding hydrogens is 348 g/mol. The van der Waals surface area contributed by atoms with Gasteiger partial charge in [0.2, 0.25) is 0 Å². The first kappa shape index (κ1) is 17.4. The molecule has 0 radical (unpaired) electrons. The van der Waals surface area contributed by atoms with E-state index >= 15 is 0 Å². The van der Waals surface area contributed by atoms with Gasteiger partial charge in [0.05, 0.1) is 0 Å². The summed E-state index contributed by atoms with van der Waals surface area (Å²) in [6.07, 6.45) is 7.17. The van der Waals surface area contributed by atoms with Crippen LogP contribution >= 0.6 is 0 Å². The fourth-order valence-corrected chi connectivity index (χ4v) is 4.67. The zero-order valence-corrected chi connectivity index (χ0v) is 16.3. The summed E-state index contributed by atoms with van der Waals surface area (Å²) in [5, 5.41) is 0. The van der Waals surface area contributed by atoms with Crippen molar-refractivity contribution in [1.29, 1.82) is 0 Å². The predicted molar refractivity (Wildman–Crippen MR) is 110 cm³/mol. The van der Waals surface area contributed by atoms with E-state index in [1.807, 2.05) is 40.8 Å². The highest BCUT2D eigenvalue weighted by atomic mass is 16.2. The van der Waals surface area contributed by atoms with E-state index in [9.17, 15) is 4.79 Å². The summed E-state index contributed by atoms with van der Waals surface area (Å²) in [6.45, 7) is 5.63. The molecule has 1 aromatic carbocycles. The SMILES string of the molecule is Cc1ccc2nc(C(=O)N3CCCN(C4Cc5ccccc5C4)CC3)cn2c1. The molecule has 1 fully saturated rings. The summed E-state index contributed by atoms with van der Waals surface area (Å²) >= 11 is 0. The highest BCUT2D eigenvalue weighted by Gasteiger charge is 2.29. The van der Waals surface area contributed by atoms with Crippen LogP contribution in [0.4, 0.5) is 0 Å². The van der Waals surface area contributed by atoms with Crippen molar-refractivity contribution in [2.45, 2.75) is 32.2 Å². The van der Waals surface area contributed by atoms with Crippen LogP contribution in [0.2, 0.25) is 0 Å². The van der Waals surface area contributed by atoms with Gasteiger partial charge in [0.1, 0.15) is 11.3 Å². The maximum absolute atomic E-state index is 13.0. The number of amides is 1. The van der Waals surface area contributed by atoms with Crippen LogP contribution in [0.15, 0.2) is 48.8 Å². The number of aryl methyl sites for hydroxylation is 1. The molecule has 5 rings (SSSR count). The van der Waals surface area contributed by atoms with Gasteiger partial charge in [-0.15, -0.1) is 0 Å². The van der Waals surface area contributed by atoms with E-state index in [-0.39, 0.29) is 5.91 Å². The molecule has 0 atom stereocenters. The molecule has 0 N–H and O–H groups in total. The summed E-state index contributed by atoms with van der Waals surface area (Å²) in [5.74, 6) is 0.0536. The van der Waals surface area contributed by atoms with Gasteiger partial charge < -0.3 is 9.30 Å². The number of benzene rings is 1. The second kappa shape index (κ2) is 7.06. The van der Waals surface area contributed by atoms with Crippen LogP contribution in [-0.2, 0) is 12.8 Å². The Morgan fingerprint density at radius 3 is 2.54 bits per heavy atom. The Hall–Kier alpha value is -2.66. The molecule has 2 aliphatic rings. The summed E-state index contributed by atoms with van der Waals surface area (Å²) < 4.78 is 1.95. The van der Waals surface area contributed by atoms with Crippen molar-refractivity contribution in [3.63, 3.8) is 0 Å². The number of pyridine rings is 1. The van der Waals surface area contributed by atoms with Gasteiger partial charge in [-0.05, 0) is 48.9 Å². The number of carbonyl (C=O) groups is 1. The van der Waals surface area contributed by atoms with Crippen LogP contribution < -0.4 is 0 Å². The van der Waals surface area contributed by atoms with Crippen molar-refractivity contribution in [2.24, 2.45) is 0 Å². The molecule has 0 unspecified atom stereocenters. The van der Waals surface area contributed by atoms with Crippen molar-refractivity contribution >= 4 is 11.6 Å². The molecule has 5 nitrogen and oxygen atoms in total. The van der Waals surface area contributed by atoms with Gasteiger partial charge in [0, 0.05) is 44.6 Å². The van der Waals surface area contributed by atoms with Crippen LogP contribution in [0.1, 0.15) is 33.6 Å². The van der Waals surface area contributed by atoms with Gasteiger partial charge in [0.15, 0.2) is 0 Å². The Labute approximate surface area is 165 Å². The van der Waals surface area contributed by atoms with E-state index in [4.69, 9.17) is 0 Å². The number of rotatable bonds is 2. The zero-order valence-electron chi connectivity index (χ0n) is 16.3. The predicted octanol–water partition coefficient (Wildman–Crippen LogP) is 2.96. The summed E-state index contributed by atoms with van der Waals surface area (Å²) in [5.41, 5.74) is 5.52. The molecule has 1 amide bonds. The van der Waals surface area contributed by atoms with E-state index in [1.54, 1.807) is 0 Å². The van der Waals surface area contributed by atoms with E-state index in [2.05, 4.69) is 34.1 Å². The van der Waals surface area contributed by atoms with Gasteiger partial charge in [0.25, 0.3) is 5.91 Å². The molecule has 0 bridgehead atoms. The number of carbonyl (C=O) groups excluding carboxylic acids is 1. The lowest BCUT2D eigenvalue weighted by Crippen LogP contribution is -2.40. The van der Waals surface area contributed by atoms with Crippen molar-refractivity contribution < 1.29 is 4.79 Å². The Balaban J connectivity index is 1.27. The molecule has 1 saturated heterocycles. The Morgan fingerprint density at radius 1 is 0.964 bits per heavy atom. The van der Waals surface area contributed by atoms with Crippen molar-refractivity contribution in [3.8, 4) is 0 Å². The van der Waals surface area contributed by atoms with E-state index in [0.29, 0.717) is 11.7 Å².